The van der Waals surface area contributed by atoms with Crippen molar-refractivity contribution in [3.8, 4) is 0 Å². The highest BCUT2D eigenvalue weighted by atomic mass is 16.3. The summed E-state index contributed by atoms with van der Waals surface area (Å²) in [6.45, 7) is 0. The van der Waals surface area contributed by atoms with Crippen LogP contribution in [0.25, 0.3) is 10.9 Å². The lowest BCUT2D eigenvalue weighted by atomic mass is 10.0. The summed E-state index contributed by atoms with van der Waals surface area (Å²) in [5.41, 5.74) is 3.13. The Hall–Kier alpha value is -2.19. The number of nitrogens with zero attached hydrogens (tertiary/aromatic N) is 1. The fourth-order valence-corrected chi connectivity index (χ4v) is 2.41. The Kier molecular flexibility index (Phi) is 3.75. The van der Waals surface area contributed by atoms with Crippen molar-refractivity contribution in [1.29, 1.82) is 0 Å². The van der Waals surface area contributed by atoms with Crippen LogP contribution < -0.4 is 0 Å². The molecule has 0 aliphatic heterocycles. The SMILES string of the molecule is OC(CCc1ccccc1)c1ccc2cccnc2c1. The summed E-state index contributed by atoms with van der Waals surface area (Å²) in [5.74, 6) is 0. The quantitative estimate of drug-likeness (QED) is 0.774. The molecule has 0 bridgehead atoms. The van der Waals surface area contributed by atoms with E-state index >= 15 is 0 Å². The van der Waals surface area contributed by atoms with Gasteiger partial charge in [-0.1, -0.05) is 48.5 Å². The van der Waals surface area contributed by atoms with Gasteiger partial charge in [-0.05, 0) is 36.1 Å². The molecule has 0 aliphatic rings. The van der Waals surface area contributed by atoms with Crippen LogP contribution in [0.15, 0.2) is 66.9 Å². The highest BCUT2D eigenvalue weighted by molar-refractivity contribution is 5.78. The summed E-state index contributed by atoms with van der Waals surface area (Å²) in [4.78, 5) is 4.33. The summed E-state index contributed by atoms with van der Waals surface area (Å²) in [5, 5.41) is 11.4. The van der Waals surface area contributed by atoms with Gasteiger partial charge in [0.25, 0.3) is 0 Å². The van der Waals surface area contributed by atoms with Gasteiger partial charge in [0.2, 0.25) is 0 Å². The normalized spacial score (nSPS) is 12.4. The molecule has 2 nitrogen and oxygen atoms in total. The van der Waals surface area contributed by atoms with Crippen LogP contribution in [0.2, 0.25) is 0 Å². The third-order valence-corrected chi connectivity index (χ3v) is 3.56. The number of aromatic nitrogens is 1. The molecule has 1 atom stereocenters. The van der Waals surface area contributed by atoms with Crippen LogP contribution in [0, 0.1) is 0 Å². The highest BCUT2D eigenvalue weighted by Crippen LogP contribution is 2.22. The van der Waals surface area contributed by atoms with Gasteiger partial charge in [-0.2, -0.15) is 0 Å². The summed E-state index contributed by atoms with van der Waals surface area (Å²) >= 11 is 0. The molecule has 3 rings (SSSR count). The third-order valence-electron chi connectivity index (χ3n) is 3.56. The van der Waals surface area contributed by atoms with Crippen molar-refractivity contribution in [1.82, 2.24) is 4.98 Å². The molecular formula is C18H17NO. The van der Waals surface area contributed by atoms with Gasteiger partial charge < -0.3 is 5.11 Å². The van der Waals surface area contributed by atoms with E-state index in [9.17, 15) is 5.11 Å². The van der Waals surface area contributed by atoms with E-state index in [4.69, 9.17) is 0 Å². The molecule has 3 aromatic rings. The van der Waals surface area contributed by atoms with Gasteiger partial charge in [0.15, 0.2) is 0 Å². The second-order valence-electron chi connectivity index (χ2n) is 5.00. The van der Waals surface area contributed by atoms with Gasteiger partial charge in [0.1, 0.15) is 0 Å². The van der Waals surface area contributed by atoms with Crippen molar-refractivity contribution in [2.75, 3.05) is 0 Å². The molecule has 2 heteroatoms. The van der Waals surface area contributed by atoms with Crippen LogP contribution in [0.5, 0.6) is 0 Å². The molecule has 1 aromatic heterocycles. The number of fused-ring (bicyclic) bond motifs is 1. The molecule has 20 heavy (non-hydrogen) atoms. The largest absolute Gasteiger partial charge is 0.388 e. The van der Waals surface area contributed by atoms with Crippen molar-refractivity contribution in [2.24, 2.45) is 0 Å². The zero-order valence-corrected chi connectivity index (χ0v) is 11.2. The Morgan fingerprint density at radius 3 is 2.65 bits per heavy atom. The fraction of sp³-hybridized carbons (Fsp3) is 0.167. The Balaban J connectivity index is 1.73. The van der Waals surface area contributed by atoms with E-state index in [-0.39, 0.29) is 0 Å². The van der Waals surface area contributed by atoms with Crippen molar-refractivity contribution in [3.05, 3.63) is 78.0 Å². The first-order valence-corrected chi connectivity index (χ1v) is 6.89. The fourth-order valence-electron chi connectivity index (χ4n) is 2.41. The predicted octanol–water partition coefficient (Wildman–Crippen LogP) is 3.90. The second kappa shape index (κ2) is 5.85. The zero-order chi connectivity index (χ0) is 13.8. The molecule has 0 radical (unpaired) electrons. The van der Waals surface area contributed by atoms with E-state index in [1.54, 1.807) is 6.20 Å². The number of aliphatic hydroxyl groups is 1. The van der Waals surface area contributed by atoms with Gasteiger partial charge in [-0.15, -0.1) is 0 Å². The van der Waals surface area contributed by atoms with Gasteiger partial charge in [-0.25, -0.2) is 0 Å². The summed E-state index contributed by atoms with van der Waals surface area (Å²) < 4.78 is 0. The Bertz CT molecular complexity index is 694. The summed E-state index contributed by atoms with van der Waals surface area (Å²) in [6, 6.07) is 20.2. The van der Waals surface area contributed by atoms with Crippen molar-refractivity contribution < 1.29 is 5.11 Å². The van der Waals surface area contributed by atoms with Gasteiger partial charge >= 0.3 is 0 Å². The Morgan fingerprint density at radius 1 is 0.950 bits per heavy atom. The average molecular weight is 263 g/mol. The minimum Gasteiger partial charge on any atom is -0.388 e. The highest BCUT2D eigenvalue weighted by Gasteiger charge is 2.08. The number of benzene rings is 2. The van der Waals surface area contributed by atoms with Crippen LogP contribution in [-0.4, -0.2) is 10.1 Å². The smallest absolute Gasteiger partial charge is 0.0794 e. The number of rotatable bonds is 4. The minimum atomic E-state index is -0.443. The molecule has 0 aliphatic carbocycles. The minimum absolute atomic E-state index is 0.443. The number of hydrogen-bond donors (Lipinski definition) is 1. The molecule has 1 unspecified atom stereocenters. The van der Waals surface area contributed by atoms with E-state index < -0.39 is 6.10 Å². The number of aryl methyl sites for hydroxylation is 1. The van der Waals surface area contributed by atoms with E-state index in [0.29, 0.717) is 0 Å². The van der Waals surface area contributed by atoms with Crippen LogP contribution in [-0.2, 0) is 6.42 Å². The zero-order valence-electron chi connectivity index (χ0n) is 11.2. The maximum atomic E-state index is 10.3. The van der Waals surface area contributed by atoms with Crippen LogP contribution in [0.4, 0.5) is 0 Å². The lowest BCUT2D eigenvalue weighted by Crippen LogP contribution is -2.00. The van der Waals surface area contributed by atoms with E-state index in [0.717, 1.165) is 29.3 Å². The lowest BCUT2D eigenvalue weighted by molar-refractivity contribution is 0.168. The van der Waals surface area contributed by atoms with E-state index in [1.165, 1.54) is 5.56 Å². The first-order valence-electron chi connectivity index (χ1n) is 6.89. The van der Waals surface area contributed by atoms with Crippen LogP contribution in [0.3, 0.4) is 0 Å². The van der Waals surface area contributed by atoms with E-state index in [2.05, 4.69) is 17.1 Å². The molecule has 0 amide bonds. The van der Waals surface area contributed by atoms with Crippen LogP contribution >= 0.6 is 0 Å². The molecule has 0 fully saturated rings. The topological polar surface area (TPSA) is 33.1 Å². The maximum Gasteiger partial charge on any atom is 0.0794 e. The molecule has 2 aromatic carbocycles. The van der Waals surface area contributed by atoms with Gasteiger partial charge in [-0.3, -0.25) is 4.98 Å². The summed E-state index contributed by atoms with van der Waals surface area (Å²) in [7, 11) is 0. The molecule has 0 spiro atoms. The van der Waals surface area contributed by atoms with Crippen molar-refractivity contribution in [2.45, 2.75) is 18.9 Å². The molecule has 0 saturated heterocycles. The molecular weight excluding hydrogens is 246 g/mol. The summed E-state index contributed by atoms with van der Waals surface area (Å²) in [6.07, 6.45) is 2.94. The first-order chi connectivity index (χ1) is 9.83. The molecule has 1 N–H and O–H groups in total. The molecule has 1 heterocycles. The maximum absolute atomic E-state index is 10.3. The Morgan fingerprint density at radius 2 is 1.80 bits per heavy atom. The van der Waals surface area contributed by atoms with E-state index in [1.807, 2.05) is 48.5 Å². The molecule has 0 saturated carbocycles. The van der Waals surface area contributed by atoms with Gasteiger partial charge in [0, 0.05) is 11.6 Å². The third kappa shape index (κ3) is 2.86. The lowest BCUT2D eigenvalue weighted by Gasteiger charge is -2.11. The number of aliphatic hydroxyl groups excluding tert-OH is 1. The van der Waals surface area contributed by atoms with Crippen molar-refractivity contribution in [3.63, 3.8) is 0 Å². The first kappa shape index (κ1) is 12.8. The number of pyridine rings is 1. The molecule has 100 valence electrons. The Labute approximate surface area is 118 Å². The second-order valence-corrected chi connectivity index (χ2v) is 5.00. The van der Waals surface area contributed by atoms with Crippen LogP contribution in [0.1, 0.15) is 23.7 Å². The monoisotopic (exact) mass is 263 g/mol. The standard InChI is InChI=1S/C18H17NO/c20-18(11-8-14-5-2-1-3-6-14)16-10-9-15-7-4-12-19-17(15)13-16/h1-7,9-10,12-13,18,20H,8,11H2. The average Bonchev–Trinajstić information content (AvgIpc) is 2.53. The number of hydrogen-bond acceptors (Lipinski definition) is 2. The van der Waals surface area contributed by atoms with Gasteiger partial charge in [0.05, 0.1) is 11.6 Å². The van der Waals surface area contributed by atoms with Crippen molar-refractivity contribution >= 4 is 10.9 Å². The predicted molar refractivity (Wildman–Crippen MR) is 81.5 cm³/mol.